The maximum atomic E-state index is 12.9. The Balaban J connectivity index is 2.41. The van der Waals surface area contributed by atoms with Crippen molar-refractivity contribution < 1.29 is 22.4 Å². The Morgan fingerprint density at radius 2 is 1.91 bits per heavy atom. The third-order valence-electron chi connectivity index (χ3n) is 2.94. The van der Waals surface area contributed by atoms with Crippen LogP contribution < -0.4 is 10.3 Å². The molecular formula is C13H8F3N3O3. The lowest BCUT2D eigenvalue weighted by atomic mass is 10.2. The van der Waals surface area contributed by atoms with Gasteiger partial charge in [0.1, 0.15) is 5.39 Å². The normalized spacial score (nSPS) is 11.8. The van der Waals surface area contributed by atoms with E-state index in [1.807, 2.05) is 0 Å². The topological polar surface area (TPSA) is 70.2 Å². The van der Waals surface area contributed by atoms with Gasteiger partial charge in [-0.05, 0) is 12.1 Å². The van der Waals surface area contributed by atoms with Crippen LogP contribution in [0.3, 0.4) is 0 Å². The van der Waals surface area contributed by atoms with Crippen LogP contribution in [0.5, 0.6) is 6.01 Å². The van der Waals surface area contributed by atoms with E-state index in [4.69, 9.17) is 4.74 Å². The van der Waals surface area contributed by atoms with Crippen molar-refractivity contribution in [3.63, 3.8) is 0 Å². The van der Waals surface area contributed by atoms with Crippen molar-refractivity contribution in [1.82, 2.24) is 14.7 Å². The predicted molar refractivity (Wildman–Crippen MR) is 69.0 cm³/mol. The van der Waals surface area contributed by atoms with Crippen molar-refractivity contribution in [2.45, 2.75) is 6.18 Å². The molecule has 0 radical (unpaired) electrons. The number of aromatic nitrogens is 3. The van der Waals surface area contributed by atoms with Crippen molar-refractivity contribution in [1.29, 1.82) is 0 Å². The predicted octanol–water partition coefficient (Wildman–Crippen LogP) is 2.40. The summed E-state index contributed by atoms with van der Waals surface area (Å²) in [4.78, 5) is 16.3. The molecule has 0 aliphatic heterocycles. The molecule has 3 rings (SSSR count). The fourth-order valence-electron chi connectivity index (χ4n) is 2.02. The van der Waals surface area contributed by atoms with Crippen molar-refractivity contribution in [2.75, 3.05) is 7.11 Å². The first-order valence-corrected chi connectivity index (χ1v) is 6.02. The summed E-state index contributed by atoms with van der Waals surface area (Å²) in [6.45, 7) is 0. The molecule has 22 heavy (non-hydrogen) atoms. The van der Waals surface area contributed by atoms with E-state index >= 15 is 0 Å². The lowest BCUT2D eigenvalue weighted by Gasteiger charge is -2.10. The number of fused-ring (bicyclic) bond motifs is 1. The number of methoxy groups -OCH3 is 1. The van der Waals surface area contributed by atoms with E-state index in [2.05, 4.69) is 14.7 Å². The zero-order chi connectivity index (χ0) is 15.9. The molecule has 0 aliphatic rings. The minimum atomic E-state index is -4.82. The Hall–Kier alpha value is -2.84. The molecular weight excluding hydrogens is 303 g/mol. The molecule has 2 aromatic heterocycles. The van der Waals surface area contributed by atoms with E-state index in [1.165, 1.54) is 19.2 Å². The van der Waals surface area contributed by atoms with E-state index in [-0.39, 0.29) is 6.01 Å². The highest BCUT2D eigenvalue weighted by Gasteiger charge is 2.39. The van der Waals surface area contributed by atoms with Crippen molar-refractivity contribution in [3.05, 3.63) is 46.4 Å². The van der Waals surface area contributed by atoms with Crippen molar-refractivity contribution in [3.8, 4) is 11.7 Å². The molecule has 1 aromatic carbocycles. The second-order valence-corrected chi connectivity index (χ2v) is 4.28. The molecule has 0 saturated carbocycles. The minimum Gasteiger partial charge on any atom is -0.468 e. The Labute approximate surface area is 120 Å². The van der Waals surface area contributed by atoms with Crippen molar-refractivity contribution >= 4 is 11.1 Å². The second-order valence-electron chi connectivity index (χ2n) is 4.28. The largest absolute Gasteiger partial charge is 0.468 e. The first kappa shape index (κ1) is 14.1. The standard InChI is InChI=1S/C13H8F3N3O3/c1-21-12-17-10-8(9(18-22-10)13(14,15)16)11(20)19(12)7-5-3-2-4-6-7/h2-6H,1H3. The highest BCUT2D eigenvalue weighted by atomic mass is 19.4. The summed E-state index contributed by atoms with van der Waals surface area (Å²) in [6, 6.07) is 7.84. The molecule has 0 amide bonds. The van der Waals surface area contributed by atoms with Crippen LogP contribution in [0.4, 0.5) is 13.2 Å². The Kier molecular flexibility index (Phi) is 3.12. The Morgan fingerprint density at radius 1 is 1.23 bits per heavy atom. The number of halogens is 3. The van der Waals surface area contributed by atoms with Crippen LogP contribution in [0.1, 0.15) is 5.69 Å². The van der Waals surface area contributed by atoms with Gasteiger partial charge in [-0.3, -0.25) is 4.79 Å². The van der Waals surface area contributed by atoms with Crippen LogP contribution >= 0.6 is 0 Å². The molecule has 3 aromatic rings. The van der Waals surface area contributed by atoms with Gasteiger partial charge in [-0.2, -0.15) is 18.2 Å². The van der Waals surface area contributed by atoms with Crippen LogP contribution in [0.2, 0.25) is 0 Å². The molecule has 114 valence electrons. The van der Waals surface area contributed by atoms with Crippen LogP contribution in [-0.4, -0.2) is 21.8 Å². The molecule has 0 atom stereocenters. The number of ether oxygens (including phenoxy) is 1. The Bertz CT molecular complexity index is 884. The van der Waals surface area contributed by atoms with Gasteiger partial charge < -0.3 is 9.26 Å². The first-order valence-electron chi connectivity index (χ1n) is 6.02. The van der Waals surface area contributed by atoms with Gasteiger partial charge in [0.2, 0.25) is 5.69 Å². The van der Waals surface area contributed by atoms with E-state index in [0.29, 0.717) is 5.69 Å². The van der Waals surface area contributed by atoms with Gasteiger partial charge in [-0.15, -0.1) is 0 Å². The number of rotatable bonds is 2. The highest BCUT2D eigenvalue weighted by Crippen LogP contribution is 2.32. The summed E-state index contributed by atoms with van der Waals surface area (Å²) >= 11 is 0. The zero-order valence-electron chi connectivity index (χ0n) is 11.1. The summed E-state index contributed by atoms with van der Waals surface area (Å²) in [7, 11) is 1.24. The molecule has 0 bridgehead atoms. The summed E-state index contributed by atoms with van der Waals surface area (Å²) in [5.74, 6) is 0. The average molecular weight is 311 g/mol. The molecule has 0 unspecified atom stereocenters. The number of hydrogen-bond acceptors (Lipinski definition) is 5. The second kappa shape index (κ2) is 4.86. The average Bonchev–Trinajstić information content (AvgIpc) is 2.92. The quantitative estimate of drug-likeness (QED) is 0.727. The molecule has 0 N–H and O–H groups in total. The van der Waals surface area contributed by atoms with Gasteiger partial charge in [-0.1, -0.05) is 23.4 Å². The minimum absolute atomic E-state index is 0.200. The van der Waals surface area contributed by atoms with Crippen LogP contribution in [0, 0.1) is 0 Å². The number of para-hydroxylation sites is 1. The first-order chi connectivity index (χ1) is 10.4. The lowest BCUT2D eigenvalue weighted by molar-refractivity contribution is -0.141. The number of nitrogens with zero attached hydrogens (tertiary/aromatic N) is 3. The number of hydrogen-bond donors (Lipinski definition) is 0. The van der Waals surface area contributed by atoms with E-state index in [9.17, 15) is 18.0 Å². The smallest absolute Gasteiger partial charge is 0.437 e. The molecule has 0 saturated heterocycles. The molecule has 0 fully saturated rings. The van der Waals surface area contributed by atoms with Crippen LogP contribution in [-0.2, 0) is 6.18 Å². The van der Waals surface area contributed by atoms with E-state index in [0.717, 1.165) is 4.57 Å². The molecule has 9 heteroatoms. The van der Waals surface area contributed by atoms with Crippen LogP contribution in [0.25, 0.3) is 16.8 Å². The molecule has 0 spiro atoms. The van der Waals surface area contributed by atoms with Gasteiger partial charge >= 0.3 is 12.2 Å². The van der Waals surface area contributed by atoms with Gasteiger partial charge in [0, 0.05) is 0 Å². The van der Waals surface area contributed by atoms with E-state index < -0.39 is 28.5 Å². The van der Waals surface area contributed by atoms with E-state index in [1.54, 1.807) is 18.2 Å². The fourth-order valence-corrected chi connectivity index (χ4v) is 2.02. The zero-order valence-corrected chi connectivity index (χ0v) is 11.1. The highest BCUT2D eigenvalue weighted by molar-refractivity contribution is 5.76. The number of alkyl halides is 3. The third-order valence-corrected chi connectivity index (χ3v) is 2.94. The fraction of sp³-hybridized carbons (Fsp3) is 0.154. The van der Waals surface area contributed by atoms with Gasteiger partial charge in [0.25, 0.3) is 11.3 Å². The summed E-state index contributed by atoms with van der Waals surface area (Å²) < 4.78 is 49.2. The maximum Gasteiger partial charge on any atom is 0.437 e. The third kappa shape index (κ3) is 2.10. The monoisotopic (exact) mass is 311 g/mol. The van der Waals surface area contributed by atoms with Crippen LogP contribution in [0.15, 0.2) is 39.6 Å². The van der Waals surface area contributed by atoms with Gasteiger partial charge in [0.15, 0.2) is 0 Å². The maximum absolute atomic E-state index is 12.9. The molecule has 2 heterocycles. The number of benzene rings is 1. The van der Waals surface area contributed by atoms with Gasteiger partial charge in [-0.25, -0.2) is 4.57 Å². The van der Waals surface area contributed by atoms with Gasteiger partial charge in [0.05, 0.1) is 12.8 Å². The summed E-state index contributed by atoms with van der Waals surface area (Å²) in [5, 5.41) is 2.17. The molecule has 0 aliphatic carbocycles. The molecule has 6 nitrogen and oxygen atoms in total. The SMILES string of the molecule is COc1nc2onc(C(F)(F)F)c2c(=O)n1-c1ccccc1. The Morgan fingerprint density at radius 3 is 2.50 bits per heavy atom. The summed E-state index contributed by atoms with van der Waals surface area (Å²) in [5.41, 5.74) is -2.59. The van der Waals surface area contributed by atoms with Crippen molar-refractivity contribution in [2.24, 2.45) is 0 Å². The summed E-state index contributed by atoms with van der Waals surface area (Å²) in [6.07, 6.45) is -4.82. The lowest BCUT2D eigenvalue weighted by Crippen LogP contribution is -2.23.